The Labute approximate surface area is 149 Å². The Balaban J connectivity index is 0.00000208. The number of carbonyl (C=O) groups is 1. The maximum Gasteiger partial charge on any atom is 0.339 e. The van der Waals surface area contributed by atoms with Gasteiger partial charge in [-0.3, -0.25) is 4.90 Å². The molecule has 0 saturated carbocycles. The van der Waals surface area contributed by atoms with Crippen LogP contribution in [0.25, 0.3) is 10.8 Å². The maximum absolute atomic E-state index is 12.1. The number of likely N-dealkylation sites (tertiary alicyclic amines) is 1. The first kappa shape index (κ1) is 18.3. The summed E-state index contributed by atoms with van der Waals surface area (Å²) in [4.78, 5) is 14.4. The van der Waals surface area contributed by atoms with E-state index in [0.717, 1.165) is 30.4 Å². The number of piperidine rings is 1. The molecular weight excluding hydrogens is 322 g/mol. The highest BCUT2D eigenvalue weighted by Gasteiger charge is 2.08. The third kappa shape index (κ3) is 4.99. The van der Waals surface area contributed by atoms with Crippen LogP contribution in [0.15, 0.2) is 42.5 Å². The van der Waals surface area contributed by atoms with Crippen LogP contribution in [0.1, 0.15) is 29.6 Å². The molecule has 126 valence electrons. The molecule has 24 heavy (non-hydrogen) atoms. The third-order valence-corrected chi connectivity index (χ3v) is 4.14. The maximum atomic E-state index is 12.1. The van der Waals surface area contributed by atoms with Gasteiger partial charge in [-0.25, -0.2) is 4.79 Å². The van der Waals surface area contributed by atoms with Gasteiger partial charge < -0.3 is 4.74 Å². The van der Waals surface area contributed by atoms with Gasteiger partial charge in [-0.2, -0.15) is 0 Å². The standard InChI is InChI=1S/C20H21NO2.ClH/c22-20(19-11-10-17-8-2-3-9-18(17)16-19)23-15-7-6-14-21-12-4-1-5-13-21;/h2-3,8-11,16H,1,4-5,12-15H2;1H. The molecule has 0 aliphatic carbocycles. The molecule has 3 nitrogen and oxygen atoms in total. The predicted molar refractivity (Wildman–Crippen MR) is 99.5 cm³/mol. The highest BCUT2D eigenvalue weighted by atomic mass is 35.5. The van der Waals surface area contributed by atoms with Crippen LogP contribution in [-0.4, -0.2) is 37.1 Å². The molecule has 1 fully saturated rings. The predicted octanol–water partition coefficient (Wildman–Crippen LogP) is 3.91. The first-order valence-corrected chi connectivity index (χ1v) is 8.17. The van der Waals surface area contributed by atoms with E-state index in [1.807, 2.05) is 36.4 Å². The van der Waals surface area contributed by atoms with Crippen LogP contribution in [-0.2, 0) is 4.74 Å². The molecule has 1 aliphatic heterocycles. The second kappa shape index (κ2) is 9.32. The van der Waals surface area contributed by atoms with Crippen molar-refractivity contribution in [3.05, 3.63) is 48.0 Å². The lowest BCUT2D eigenvalue weighted by molar-refractivity contribution is 0.0556. The monoisotopic (exact) mass is 343 g/mol. The summed E-state index contributed by atoms with van der Waals surface area (Å²) in [6.45, 7) is 3.18. The SMILES string of the molecule is Cl.O=C(OCC#CCN1CCCCC1)c1ccc2ccccc2c1. The van der Waals surface area contributed by atoms with Gasteiger partial charge in [-0.05, 0) is 48.8 Å². The molecule has 0 amide bonds. The first-order chi connectivity index (χ1) is 11.3. The molecule has 0 N–H and O–H groups in total. The summed E-state index contributed by atoms with van der Waals surface area (Å²) >= 11 is 0. The molecule has 3 rings (SSSR count). The Kier molecular flexibility index (Phi) is 7.11. The number of fused-ring (bicyclic) bond motifs is 1. The minimum absolute atomic E-state index is 0. The van der Waals surface area contributed by atoms with Crippen LogP contribution in [0.2, 0.25) is 0 Å². The van der Waals surface area contributed by atoms with E-state index in [1.54, 1.807) is 6.07 Å². The van der Waals surface area contributed by atoms with Crippen LogP contribution < -0.4 is 0 Å². The van der Waals surface area contributed by atoms with Gasteiger partial charge in [-0.1, -0.05) is 48.6 Å². The van der Waals surface area contributed by atoms with E-state index in [2.05, 4.69) is 16.7 Å². The van der Waals surface area contributed by atoms with E-state index in [1.165, 1.54) is 19.3 Å². The van der Waals surface area contributed by atoms with Gasteiger partial charge in [0.15, 0.2) is 6.61 Å². The number of rotatable bonds is 3. The van der Waals surface area contributed by atoms with Gasteiger partial charge in [-0.15, -0.1) is 12.4 Å². The molecule has 2 aromatic rings. The van der Waals surface area contributed by atoms with Crippen LogP contribution in [0.5, 0.6) is 0 Å². The minimum atomic E-state index is -0.317. The number of halogens is 1. The highest BCUT2D eigenvalue weighted by molar-refractivity contribution is 5.95. The Morgan fingerprint density at radius 2 is 1.75 bits per heavy atom. The van der Waals surface area contributed by atoms with Gasteiger partial charge in [0.25, 0.3) is 0 Å². The number of hydrogen-bond acceptors (Lipinski definition) is 3. The van der Waals surface area contributed by atoms with Crippen molar-refractivity contribution in [2.24, 2.45) is 0 Å². The summed E-state index contributed by atoms with van der Waals surface area (Å²) in [5.41, 5.74) is 0.571. The molecule has 0 atom stereocenters. The second-order valence-electron chi connectivity index (χ2n) is 5.83. The summed E-state index contributed by atoms with van der Waals surface area (Å²) in [5.74, 6) is 5.71. The van der Waals surface area contributed by atoms with Gasteiger partial charge in [0, 0.05) is 0 Å². The number of benzene rings is 2. The fourth-order valence-corrected chi connectivity index (χ4v) is 2.84. The lowest BCUT2D eigenvalue weighted by Gasteiger charge is -2.23. The van der Waals surface area contributed by atoms with Crippen LogP contribution in [0, 0.1) is 11.8 Å². The molecule has 1 saturated heterocycles. The van der Waals surface area contributed by atoms with Crippen molar-refractivity contribution in [3.63, 3.8) is 0 Å². The molecule has 1 aliphatic rings. The highest BCUT2D eigenvalue weighted by Crippen LogP contribution is 2.16. The molecule has 2 aromatic carbocycles. The normalized spacial score (nSPS) is 14.3. The van der Waals surface area contributed by atoms with E-state index in [4.69, 9.17) is 4.74 Å². The lowest BCUT2D eigenvalue weighted by atomic mass is 10.1. The Morgan fingerprint density at radius 1 is 1.00 bits per heavy atom. The van der Waals surface area contributed by atoms with Gasteiger partial charge in [0.05, 0.1) is 12.1 Å². The van der Waals surface area contributed by atoms with Crippen molar-refractivity contribution < 1.29 is 9.53 Å². The molecule has 4 heteroatoms. The quantitative estimate of drug-likeness (QED) is 0.625. The topological polar surface area (TPSA) is 29.5 Å². The van der Waals surface area contributed by atoms with Crippen molar-refractivity contribution >= 4 is 29.1 Å². The first-order valence-electron chi connectivity index (χ1n) is 8.17. The summed E-state index contributed by atoms with van der Waals surface area (Å²) in [6, 6.07) is 13.6. The number of hydrogen-bond donors (Lipinski definition) is 0. The van der Waals surface area contributed by atoms with E-state index in [0.29, 0.717) is 5.56 Å². The minimum Gasteiger partial charge on any atom is -0.449 e. The van der Waals surface area contributed by atoms with E-state index >= 15 is 0 Å². The number of ether oxygens (including phenoxy) is 1. The van der Waals surface area contributed by atoms with Gasteiger partial charge >= 0.3 is 5.97 Å². The molecule has 0 spiro atoms. The molecule has 1 heterocycles. The molecule has 0 unspecified atom stereocenters. The average Bonchev–Trinajstić information content (AvgIpc) is 2.61. The number of nitrogens with zero attached hydrogens (tertiary/aromatic N) is 1. The lowest BCUT2D eigenvalue weighted by Crippen LogP contribution is -2.29. The number of esters is 1. The van der Waals surface area contributed by atoms with Crippen molar-refractivity contribution in [3.8, 4) is 11.8 Å². The third-order valence-electron chi connectivity index (χ3n) is 4.14. The van der Waals surface area contributed by atoms with Gasteiger partial charge in [0.1, 0.15) is 0 Å². The fourth-order valence-electron chi connectivity index (χ4n) is 2.84. The zero-order valence-corrected chi connectivity index (χ0v) is 14.5. The van der Waals surface area contributed by atoms with E-state index in [-0.39, 0.29) is 25.0 Å². The smallest absolute Gasteiger partial charge is 0.339 e. The molecular formula is C20H22ClNO2. The summed E-state index contributed by atoms with van der Waals surface area (Å²) in [6.07, 6.45) is 3.85. The zero-order valence-electron chi connectivity index (χ0n) is 13.7. The zero-order chi connectivity index (χ0) is 15.9. The molecule has 0 bridgehead atoms. The summed E-state index contributed by atoms with van der Waals surface area (Å²) in [7, 11) is 0. The van der Waals surface area contributed by atoms with Crippen LogP contribution in [0.3, 0.4) is 0 Å². The van der Waals surface area contributed by atoms with Crippen molar-refractivity contribution in [1.29, 1.82) is 0 Å². The fraction of sp³-hybridized carbons (Fsp3) is 0.350. The van der Waals surface area contributed by atoms with Crippen molar-refractivity contribution in [2.75, 3.05) is 26.2 Å². The summed E-state index contributed by atoms with van der Waals surface area (Å²) < 4.78 is 5.24. The van der Waals surface area contributed by atoms with Crippen molar-refractivity contribution in [1.82, 2.24) is 4.90 Å². The van der Waals surface area contributed by atoms with Gasteiger partial charge in [0.2, 0.25) is 0 Å². The van der Waals surface area contributed by atoms with E-state index in [9.17, 15) is 4.79 Å². The van der Waals surface area contributed by atoms with Crippen LogP contribution in [0.4, 0.5) is 0 Å². The summed E-state index contributed by atoms with van der Waals surface area (Å²) in [5, 5.41) is 2.16. The Bertz CT molecular complexity index is 742. The Hall–Kier alpha value is -2.02. The van der Waals surface area contributed by atoms with Crippen LogP contribution >= 0.6 is 12.4 Å². The van der Waals surface area contributed by atoms with E-state index < -0.39 is 0 Å². The second-order valence-corrected chi connectivity index (χ2v) is 5.83. The molecule has 0 aromatic heterocycles. The van der Waals surface area contributed by atoms with Crippen molar-refractivity contribution in [2.45, 2.75) is 19.3 Å². The largest absolute Gasteiger partial charge is 0.449 e. The average molecular weight is 344 g/mol. The Morgan fingerprint density at radius 3 is 2.54 bits per heavy atom. The number of carbonyl (C=O) groups excluding carboxylic acids is 1. The molecule has 0 radical (unpaired) electrons.